The van der Waals surface area contributed by atoms with Crippen molar-refractivity contribution in [2.45, 2.75) is 0 Å². The van der Waals surface area contributed by atoms with E-state index in [9.17, 15) is 9.59 Å². The van der Waals surface area contributed by atoms with E-state index in [1.54, 1.807) is 0 Å². The molecule has 62 valence electrons. The number of nitrogens with zero attached hydrogens (tertiary/aromatic N) is 4. The van der Waals surface area contributed by atoms with E-state index in [0.29, 0.717) is 0 Å². The van der Waals surface area contributed by atoms with Gasteiger partial charge in [0.2, 0.25) is 0 Å². The smallest absolute Gasteiger partial charge is 0.253 e. The minimum absolute atomic E-state index is 0.121. The van der Waals surface area contributed by atoms with Crippen molar-refractivity contribution in [3.05, 3.63) is 22.6 Å². The van der Waals surface area contributed by atoms with Crippen LogP contribution in [0.2, 0.25) is 0 Å². The van der Waals surface area contributed by atoms with Gasteiger partial charge >= 0.3 is 0 Å². The highest BCUT2D eigenvalue weighted by atomic mass is 16.2. The standard InChI is InChI=1S/C6H6N4O2/c7-9-8-3-4-10-5(11)1-2-6(10)12/h1-2H,3-4H2. The summed E-state index contributed by atoms with van der Waals surface area (Å²) < 4.78 is 0. The summed E-state index contributed by atoms with van der Waals surface area (Å²) in [6, 6.07) is 0. The molecule has 0 aromatic heterocycles. The molecule has 1 heterocycles. The van der Waals surface area contributed by atoms with Gasteiger partial charge in [-0.1, -0.05) is 5.11 Å². The third kappa shape index (κ3) is 1.62. The molecule has 0 bridgehead atoms. The summed E-state index contributed by atoms with van der Waals surface area (Å²) in [6.45, 7) is 0.268. The SMILES string of the molecule is [N-]=[N+]=NCCN1C(=O)C=CC1=O. The Morgan fingerprint density at radius 2 is 2.00 bits per heavy atom. The normalized spacial score (nSPS) is 15.2. The molecular weight excluding hydrogens is 160 g/mol. The molecule has 0 aliphatic carbocycles. The molecule has 0 unspecified atom stereocenters. The molecule has 12 heavy (non-hydrogen) atoms. The molecular formula is C6H6N4O2. The van der Waals surface area contributed by atoms with Gasteiger partial charge in [-0.2, -0.15) is 0 Å². The van der Waals surface area contributed by atoms with Crippen LogP contribution in [0.3, 0.4) is 0 Å². The third-order valence-corrected chi connectivity index (χ3v) is 1.39. The van der Waals surface area contributed by atoms with Crippen LogP contribution in [-0.2, 0) is 9.59 Å². The summed E-state index contributed by atoms with van der Waals surface area (Å²) in [6.07, 6.45) is 2.39. The monoisotopic (exact) mass is 166 g/mol. The molecule has 0 spiro atoms. The van der Waals surface area contributed by atoms with E-state index in [1.165, 1.54) is 12.2 Å². The predicted octanol–water partition coefficient (Wildman–Crippen LogP) is 0.222. The highest BCUT2D eigenvalue weighted by molar-refractivity contribution is 6.12. The first kappa shape index (κ1) is 8.29. The Bertz CT molecular complexity index is 272. The first-order valence-electron chi connectivity index (χ1n) is 3.30. The van der Waals surface area contributed by atoms with Gasteiger partial charge in [-0.25, -0.2) is 0 Å². The van der Waals surface area contributed by atoms with Crippen molar-refractivity contribution in [3.8, 4) is 0 Å². The third-order valence-electron chi connectivity index (χ3n) is 1.39. The first-order valence-corrected chi connectivity index (χ1v) is 3.30. The van der Waals surface area contributed by atoms with Gasteiger partial charge in [0.05, 0.1) is 0 Å². The number of rotatable bonds is 3. The van der Waals surface area contributed by atoms with Crippen molar-refractivity contribution in [2.24, 2.45) is 5.11 Å². The fourth-order valence-electron chi connectivity index (χ4n) is 0.841. The molecule has 1 rings (SSSR count). The highest BCUT2D eigenvalue weighted by Gasteiger charge is 2.21. The molecule has 0 N–H and O–H groups in total. The summed E-state index contributed by atoms with van der Waals surface area (Å²) in [5.74, 6) is -0.707. The van der Waals surface area contributed by atoms with Crippen molar-refractivity contribution >= 4 is 11.8 Å². The topological polar surface area (TPSA) is 86.1 Å². The van der Waals surface area contributed by atoms with E-state index in [0.717, 1.165) is 4.90 Å². The lowest BCUT2D eigenvalue weighted by atomic mass is 10.5. The Labute approximate surface area is 68.1 Å². The van der Waals surface area contributed by atoms with Crippen molar-refractivity contribution in [3.63, 3.8) is 0 Å². The van der Waals surface area contributed by atoms with Gasteiger partial charge in [-0.3, -0.25) is 14.5 Å². The molecule has 2 amide bonds. The van der Waals surface area contributed by atoms with E-state index in [2.05, 4.69) is 10.0 Å². The quantitative estimate of drug-likeness (QED) is 0.260. The lowest BCUT2D eigenvalue weighted by Crippen LogP contribution is -2.32. The Hall–Kier alpha value is -1.81. The van der Waals surface area contributed by atoms with Gasteiger partial charge in [0.1, 0.15) is 0 Å². The minimum Gasteiger partial charge on any atom is -0.275 e. The predicted molar refractivity (Wildman–Crippen MR) is 39.9 cm³/mol. The molecule has 0 aromatic carbocycles. The van der Waals surface area contributed by atoms with Crippen LogP contribution in [0.5, 0.6) is 0 Å². The Morgan fingerprint density at radius 1 is 1.42 bits per heavy atom. The maximum Gasteiger partial charge on any atom is 0.253 e. The molecule has 1 aliphatic rings. The van der Waals surface area contributed by atoms with E-state index in [1.807, 2.05) is 0 Å². The molecule has 0 atom stereocenters. The van der Waals surface area contributed by atoms with Crippen molar-refractivity contribution in [1.82, 2.24) is 4.90 Å². The van der Waals surface area contributed by atoms with Crippen LogP contribution in [-0.4, -0.2) is 29.8 Å². The number of hydrogen-bond donors (Lipinski definition) is 0. The van der Waals surface area contributed by atoms with Gasteiger partial charge < -0.3 is 0 Å². The van der Waals surface area contributed by atoms with Crippen LogP contribution in [0.4, 0.5) is 0 Å². The number of imide groups is 1. The molecule has 0 radical (unpaired) electrons. The fourth-order valence-corrected chi connectivity index (χ4v) is 0.841. The Balaban J connectivity index is 2.48. The van der Waals surface area contributed by atoms with Crippen LogP contribution in [0, 0.1) is 0 Å². The fraction of sp³-hybridized carbons (Fsp3) is 0.333. The van der Waals surface area contributed by atoms with Crippen molar-refractivity contribution < 1.29 is 9.59 Å². The number of carbonyl (C=O) groups excluding carboxylic acids is 2. The van der Waals surface area contributed by atoms with Crippen LogP contribution in [0.1, 0.15) is 0 Å². The second kappa shape index (κ2) is 3.54. The van der Waals surface area contributed by atoms with Crippen LogP contribution in [0.25, 0.3) is 10.4 Å². The van der Waals surface area contributed by atoms with Crippen molar-refractivity contribution in [2.75, 3.05) is 13.1 Å². The zero-order valence-corrected chi connectivity index (χ0v) is 6.17. The van der Waals surface area contributed by atoms with Gasteiger partial charge in [0.25, 0.3) is 11.8 Å². The van der Waals surface area contributed by atoms with Gasteiger partial charge in [-0.05, 0) is 5.53 Å². The molecule has 0 saturated carbocycles. The molecule has 0 saturated heterocycles. The zero-order chi connectivity index (χ0) is 8.97. The van der Waals surface area contributed by atoms with Gasteiger partial charge in [0.15, 0.2) is 0 Å². The maximum absolute atomic E-state index is 10.9. The number of amides is 2. The first-order chi connectivity index (χ1) is 5.75. The van der Waals surface area contributed by atoms with Gasteiger partial charge in [-0.15, -0.1) is 0 Å². The summed E-state index contributed by atoms with van der Waals surface area (Å²) in [5, 5.41) is 3.21. The zero-order valence-electron chi connectivity index (χ0n) is 6.17. The number of hydrogen-bond acceptors (Lipinski definition) is 3. The molecule has 0 aromatic rings. The van der Waals surface area contributed by atoms with Crippen LogP contribution in [0.15, 0.2) is 17.3 Å². The summed E-state index contributed by atoms with van der Waals surface area (Å²) >= 11 is 0. The summed E-state index contributed by atoms with van der Waals surface area (Å²) in [4.78, 5) is 25.2. The number of carbonyl (C=O) groups is 2. The average Bonchev–Trinajstić information content (AvgIpc) is 2.35. The molecule has 0 fully saturated rings. The van der Waals surface area contributed by atoms with E-state index in [4.69, 9.17) is 5.53 Å². The second-order valence-electron chi connectivity index (χ2n) is 2.12. The molecule has 6 heteroatoms. The number of azide groups is 1. The Kier molecular flexibility index (Phi) is 2.45. The lowest BCUT2D eigenvalue weighted by Gasteiger charge is -2.10. The van der Waals surface area contributed by atoms with Crippen LogP contribution >= 0.6 is 0 Å². The van der Waals surface area contributed by atoms with Crippen molar-refractivity contribution in [1.29, 1.82) is 0 Å². The van der Waals surface area contributed by atoms with E-state index >= 15 is 0 Å². The minimum atomic E-state index is -0.354. The van der Waals surface area contributed by atoms with E-state index in [-0.39, 0.29) is 24.9 Å². The highest BCUT2D eigenvalue weighted by Crippen LogP contribution is 2.02. The summed E-state index contributed by atoms with van der Waals surface area (Å²) in [5.41, 5.74) is 7.93. The van der Waals surface area contributed by atoms with Crippen LogP contribution < -0.4 is 0 Å². The average molecular weight is 166 g/mol. The largest absolute Gasteiger partial charge is 0.275 e. The van der Waals surface area contributed by atoms with Gasteiger partial charge in [0, 0.05) is 30.2 Å². The molecule has 1 aliphatic heterocycles. The molecule has 6 nitrogen and oxygen atoms in total. The Morgan fingerprint density at radius 3 is 2.50 bits per heavy atom. The second-order valence-corrected chi connectivity index (χ2v) is 2.12. The van der Waals surface area contributed by atoms with E-state index < -0.39 is 0 Å². The lowest BCUT2D eigenvalue weighted by molar-refractivity contribution is -0.136. The summed E-state index contributed by atoms with van der Waals surface area (Å²) in [7, 11) is 0. The maximum atomic E-state index is 10.9.